The van der Waals surface area contributed by atoms with E-state index in [1.54, 1.807) is 12.2 Å². The monoisotopic (exact) mass is 150 g/mol. The van der Waals surface area contributed by atoms with Crippen LogP contribution in [0.5, 0.6) is 0 Å². The van der Waals surface area contributed by atoms with Gasteiger partial charge in [0, 0.05) is 5.41 Å². The van der Waals surface area contributed by atoms with Gasteiger partial charge in [-0.2, -0.15) is 0 Å². The lowest BCUT2D eigenvalue weighted by molar-refractivity contribution is -0.110. The van der Waals surface area contributed by atoms with Crippen LogP contribution in [0.2, 0.25) is 0 Å². The van der Waals surface area contributed by atoms with Gasteiger partial charge in [-0.05, 0) is 25.5 Å². The topological polar surface area (TPSA) is 17.1 Å². The van der Waals surface area contributed by atoms with Crippen molar-refractivity contribution < 1.29 is 4.79 Å². The van der Waals surface area contributed by atoms with E-state index in [1.807, 2.05) is 13.0 Å². The highest BCUT2D eigenvalue weighted by Crippen LogP contribution is 2.34. The quantitative estimate of drug-likeness (QED) is 0.561. The molecule has 0 N–H and O–H groups in total. The van der Waals surface area contributed by atoms with E-state index in [-0.39, 0.29) is 11.2 Å². The van der Waals surface area contributed by atoms with Crippen LogP contribution in [-0.4, -0.2) is 5.78 Å². The molecule has 1 aliphatic rings. The summed E-state index contributed by atoms with van der Waals surface area (Å²) in [6, 6.07) is 0. The number of carbonyl (C=O) groups excluding carboxylic acids is 1. The zero-order valence-corrected chi connectivity index (χ0v) is 7.35. The van der Waals surface area contributed by atoms with Crippen LogP contribution >= 0.6 is 0 Å². The van der Waals surface area contributed by atoms with Gasteiger partial charge in [0.2, 0.25) is 0 Å². The lowest BCUT2D eigenvalue weighted by Gasteiger charge is -2.27. The molecule has 1 atom stereocenters. The number of rotatable bonds is 1. The molecule has 11 heavy (non-hydrogen) atoms. The van der Waals surface area contributed by atoms with Crippen molar-refractivity contribution in [3.05, 3.63) is 23.8 Å². The largest absolute Gasteiger partial charge is 0.290 e. The maximum Gasteiger partial charge on any atom is 0.178 e. The molecule has 0 aliphatic heterocycles. The molecule has 0 saturated carbocycles. The molecule has 1 unspecified atom stereocenters. The summed E-state index contributed by atoms with van der Waals surface area (Å²) in [4.78, 5) is 10.9. The van der Waals surface area contributed by atoms with Crippen LogP contribution in [0, 0.1) is 5.41 Å². The van der Waals surface area contributed by atoms with Crippen LogP contribution in [-0.2, 0) is 4.79 Å². The van der Waals surface area contributed by atoms with E-state index in [2.05, 4.69) is 13.8 Å². The third-order valence-electron chi connectivity index (χ3n) is 2.61. The Kier molecular flexibility index (Phi) is 1.99. The predicted molar refractivity (Wildman–Crippen MR) is 46.3 cm³/mol. The molecule has 0 aromatic heterocycles. The minimum absolute atomic E-state index is 0.119. The van der Waals surface area contributed by atoms with Crippen LogP contribution < -0.4 is 0 Å². The minimum atomic E-state index is 0.119. The van der Waals surface area contributed by atoms with Crippen molar-refractivity contribution in [2.24, 2.45) is 5.41 Å². The van der Waals surface area contributed by atoms with Gasteiger partial charge >= 0.3 is 0 Å². The fourth-order valence-corrected chi connectivity index (χ4v) is 1.22. The maximum atomic E-state index is 10.9. The zero-order valence-electron chi connectivity index (χ0n) is 7.35. The Bertz CT molecular complexity index is 235. The third kappa shape index (κ3) is 1.42. The third-order valence-corrected chi connectivity index (χ3v) is 2.61. The molecule has 0 saturated heterocycles. The number of ketones is 1. The Labute approximate surface area is 67.8 Å². The average Bonchev–Trinajstić information content (AvgIpc) is 1.98. The zero-order chi connectivity index (χ0) is 8.48. The van der Waals surface area contributed by atoms with E-state index < -0.39 is 0 Å². The van der Waals surface area contributed by atoms with Crippen molar-refractivity contribution >= 4 is 5.78 Å². The van der Waals surface area contributed by atoms with Gasteiger partial charge in [0.05, 0.1) is 0 Å². The van der Waals surface area contributed by atoms with Crippen LogP contribution in [0.1, 0.15) is 27.2 Å². The van der Waals surface area contributed by atoms with Gasteiger partial charge in [-0.1, -0.05) is 25.5 Å². The second kappa shape index (κ2) is 2.65. The molecule has 1 nitrogen and oxygen atoms in total. The van der Waals surface area contributed by atoms with Crippen LogP contribution in [0.3, 0.4) is 0 Å². The first kappa shape index (κ1) is 8.25. The summed E-state index contributed by atoms with van der Waals surface area (Å²) in [7, 11) is 0. The summed E-state index contributed by atoms with van der Waals surface area (Å²) < 4.78 is 0. The highest BCUT2D eigenvalue weighted by Gasteiger charge is 2.23. The van der Waals surface area contributed by atoms with Crippen molar-refractivity contribution in [1.82, 2.24) is 0 Å². The van der Waals surface area contributed by atoms with Gasteiger partial charge in [-0.15, -0.1) is 0 Å². The van der Waals surface area contributed by atoms with Crippen LogP contribution in [0.4, 0.5) is 0 Å². The molecule has 0 heterocycles. The van der Waals surface area contributed by atoms with E-state index in [0.29, 0.717) is 0 Å². The summed E-state index contributed by atoms with van der Waals surface area (Å²) in [6.45, 7) is 6.31. The van der Waals surface area contributed by atoms with Crippen LogP contribution in [0.25, 0.3) is 0 Å². The number of hydrogen-bond acceptors (Lipinski definition) is 1. The van der Waals surface area contributed by atoms with Gasteiger partial charge in [0.1, 0.15) is 0 Å². The fourth-order valence-electron chi connectivity index (χ4n) is 1.22. The first-order chi connectivity index (χ1) is 5.08. The number of carbonyl (C=O) groups is 1. The van der Waals surface area contributed by atoms with Crippen molar-refractivity contribution in [1.29, 1.82) is 0 Å². The summed E-state index contributed by atoms with van der Waals surface area (Å²) in [5, 5.41) is 0. The molecule has 0 fully saturated rings. The lowest BCUT2D eigenvalue weighted by Crippen LogP contribution is -2.17. The Morgan fingerprint density at radius 1 is 1.55 bits per heavy atom. The first-order valence-electron chi connectivity index (χ1n) is 4.00. The SMILES string of the molecule is CCC1(C)C=CC(=O)C=C1C. The molecule has 0 spiro atoms. The Balaban J connectivity index is 2.96. The highest BCUT2D eigenvalue weighted by atomic mass is 16.1. The summed E-state index contributed by atoms with van der Waals surface area (Å²) in [6.07, 6.45) is 6.45. The molecule has 0 radical (unpaired) electrons. The second-order valence-corrected chi connectivity index (χ2v) is 3.33. The average molecular weight is 150 g/mol. The van der Waals surface area contributed by atoms with Crippen LogP contribution in [0.15, 0.2) is 23.8 Å². The minimum Gasteiger partial charge on any atom is -0.290 e. The van der Waals surface area contributed by atoms with Gasteiger partial charge in [0.25, 0.3) is 0 Å². The van der Waals surface area contributed by atoms with E-state index >= 15 is 0 Å². The Morgan fingerprint density at radius 3 is 2.64 bits per heavy atom. The van der Waals surface area contributed by atoms with E-state index in [9.17, 15) is 4.79 Å². The molecule has 0 aromatic carbocycles. The number of allylic oxidation sites excluding steroid dienone is 4. The van der Waals surface area contributed by atoms with E-state index in [4.69, 9.17) is 0 Å². The smallest absolute Gasteiger partial charge is 0.178 e. The Hall–Kier alpha value is -0.850. The predicted octanol–water partition coefficient (Wildman–Crippen LogP) is 2.49. The molecular weight excluding hydrogens is 136 g/mol. The molecule has 60 valence electrons. The number of hydrogen-bond donors (Lipinski definition) is 0. The molecule has 1 aliphatic carbocycles. The van der Waals surface area contributed by atoms with Gasteiger partial charge in [0.15, 0.2) is 5.78 Å². The van der Waals surface area contributed by atoms with Crippen molar-refractivity contribution in [3.63, 3.8) is 0 Å². The molecule has 1 heteroatoms. The first-order valence-corrected chi connectivity index (χ1v) is 4.00. The van der Waals surface area contributed by atoms with Gasteiger partial charge in [-0.3, -0.25) is 4.79 Å². The molecule has 0 bridgehead atoms. The Morgan fingerprint density at radius 2 is 2.18 bits per heavy atom. The standard InChI is InChI=1S/C10H14O/c1-4-10(3)6-5-9(11)7-8(10)2/h5-7H,4H2,1-3H3. The molecule has 0 amide bonds. The lowest BCUT2D eigenvalue weighted by atomic mass is 9.77. The molecule has 0 aromatic rings. The second-order valence-electron chi connectivity index (χ2n) is 3.33. The van der Waals surface area contributed by atoms with Gasteiger partial charge in [-0.25, -0.2) is 0 Å². The summed E-state index contributed by atoms with van der Waals surface area (Å²) in [5.74, 6) is 0.119. The molecular formula is C10H14O. The maximum absolute atomic E-state index is 10.9. The van der Waals surface area contributed by atoms with Gasteiger partial charge < -0.3 is 0 Å². The highest BCUT2D eigenvalue weighted by molar-refractivity contribution is 6.01. The van der Waals surface area contributed by atoms with Crippen molar-refractivity contribution in [2.75, 3.05) is 0 Å². The molecule has 1 rings (SSSR count). The van der Waals surface area contributed by atoms with E-state index in [0.717, 1.165) is 6.42 Å². The normalized spacial score (nSPS) is 30.5. The van der Waals surface area contributed by atoms with E-state index in [1.165, 1.54) is 5.57 Å². The fraction of sp³-hybridized carbons (Fsp3) is 0.500. The van der Waals surface area contributed by atoms with Crippen molar-refractivity contribution in [3.8, 4) is 0 Å². The van der Waals surface area contributed by atoms with Crippen molar-refractivity contribution in [2.45, 2.75) is 27.2 Å². The summed E-state index contributed by atoms with van der Waals surface area (Å²) >= 11 is 0. The summed E-state index contributed by atoms with van der Waals surface area (Å²) in [5.41, 5.74) is 1.29.